The molecule has 0 bridgehead atoms. The van der Waals surface area contributed by atoms with E-state index in [4.69, 9.17) is 4.74 Å². The molecular formula is C8H14FNO2. The lowest BCUT2D eigenvalue weighted by molar-refractivity contribution is -0.149. The highest BCUT2D eigenvalue weighted by atomic mass is 19.1. The predicted octanol–water partition coefficient (Wildman–Crippen LogP) is 0.640. The summed E-state index contributed by atoms with van der Waals surface area (Å²) in [5.74, 6) is -0.356. The van der Waals surface area contributed by atoms with Crippen LogP contribution in [0.3, 0.4) is 0 Å². The summed E-state index contributed by atoms with van der Waals surface area (Å²) in [6, 6.07) is 0. The number of esters is 1. The molecule has 1 heterocycles. The molecule has 1 N–H and O–H groups in total. The molecule has 4 heteroatoms. The average Bonchev–Trinajstić information content (AvgIpc) is 2.33. The van der Waals surface area contributed by atoms with Gasteiger partial charge in [0, 0.05) is 13.0 Å². The van der Waals surface area contributed by atoms with Gasteiger partial charge in [-0.25, -0.2) is 4.39 Å². The van der Waals surface area contributed by atoms with Crippen LogP contribution in [0.1, 0.15) is 20.3 Å². The van der Waals surface area contributed by atoms with Gasteiger partial charge in [0.25, 0.3) is 0 Å². The molecule has 0 aliphatic carbocycles. The summed E-state index contributed by atoms with van der Waals surface area (Å²) >= 11 is 0. The molecule has 1 aliphatic heterocycles. The molecule has 0 radical (unpaired) electrons. The fraction of sp³-hybridized carbons (Fsp3) is 0.875. The smallest absolute Gasteiger partial charge is 0.326 e. The Hall–Kier alpha value is -0.640. The van der Waals surface area contributed by atoms with Gasteiger partial charge in [0.2, 0.25) is 0 Å². The van der Waals surface area contributed by atoms with Gasteiger partial charge in [0.15, 0.2) is 0 Å². The maximum Gasteiger partial charge on any atom is 0.326 e. The van der Waals surface area contributed by atoms with Crippen molar-refractivity contribution in [2.24, 2.45) is 0 Å². The molecule has 0 aromatic heterocycles. The molecule has 0 aromatic rings. The Labute approximate surface area is 71.3 Å². The Morgan fingerprint density at radius 2 is 2.50 bits per heavy atom. The van der Waals surface area contributed by atoms with E-state index in [-0.39, 0.29) is 18.9 Å². The van der Waals surface area contributed by atoms with Gasteiger partial charge in [-0.2, -0.15) is 0 Å². The highest BCUT2D eigenvalue weighted by molar-refractivity contribution is 5.80. The number of rotatable bonds is 2. The third-order valence-corrected chi connectivity index (χ3v) is 2.07. The van der Waals surface area contributed by atoms with E-state index in [1.807, 2.05) is 0 Å². The highest BCUT2D eigenvalue weighted by Crippen LogP contribution is 2.22. The minimum absolute atomic E-state index is 0.214. The van der Waals surface area contributed by atoms with Gasteiger partial charge in [-0.3, -0.25) is 10.1 Å². The van der Waals surface area contributed by atoms with Crippen LogP contribution in [0.5, 0.6) is 0 Å². The van der Waals surface area contributed by atoms with Crippen LogP contribution in [-0.4, -0.2) is 30.8 Å². The van der Waals surface area contributed by atoms with E-state index >= 15 is 0 Å². The number of hydrogen-bond donors (Lipinski definition) is 1. The second kappa shape index (κ2) is 3.39. The fourth-order valence-electron chi connectivity index (χ4n) is 1.37. The Morgan fingerprint density at radius 3 is 2.92 bits per heavy atom. The quantitative estimate of drug-likeness (QED) is 0.626. The molecule has 1 aliphatic rings. The monoisotopic (exact) mass is 175 g/mol. The lowest BCUT2D eigenvalue weighted by Gasteiger charge is -2.20. The standard InChI is InChI=1S/C8H14FNO2/c1-3-12-7(11)8(2)4-6(9)5-10-8/h6,10H,3-5H2,1-2H3. The molecule has 1 fully saturated rings. The molecule has 2 unspecified atom stereocenters. The molecule has 0 amide bonds. The largest absolute Gasteiger partial charge is 0.465 e. The van der Waals surface area contributed by atoms with Crippen molar-refractivity contribution in [2.75, 3.05) is 13.2 Å². The van der Waals surface area contributed by atoms with Crippen molar-refractivity contribution >= 4 is 5.97 Å². The van der Waals surface area contributed by atoms with Crippen LogP contribution in [0.15, 0.2) is 0 Å². The number of hydrogen-bond acceptors (Lipinski definition) is 3. The SMILES string of the molecule is CCOC(=O)C1(C)CC(F)CN1. The Kier molecular flexibility index (Phi) is 2.67. The van der Waals surface area contributed by atoms with Gasteiger partial charge in [-0.05, 0) is 13.8 Å². The van der Waals surface area contributed by atoms with Gasteiger partial charge in [0.05, 0.1) is 6.61 Å². The lowest BCUT2D eigenvalue weighted by Crippen LogP contribution is -2.45. The Morgan fingerprint density at radius 1 is 1.83 bits per heavy atom. The van der Waals surface area contributed by atoms with E-state index in [0.29, 0.717) is 6.61 Å². The summed E-state index contributed by atoms with van der Waals surface area (Å²) < 4.78 is 17.6. The van der Waals surface area contributed by atoms with Crippen molar-refractivity contribution in [3.8, 4) is 0 Å². The summed E-state index contributed by atoms with van der Waals surface area (Å²) in [6.45, 7) is 4.00. The maximum atomic E-state index is 12.7. The zero-order valence-electron chi connectivity index (χ0n) is 7.39. The second-order valence-corrected chi connectivity index (χ2v) is 3.23. The molecule has 1 saturated heterocycles. The average molecular weight is 175 g/mol. The van der Waals surface area contributed by atoms with E-state index in [0.717, 1.165) is 0 Å². The predicted molar refractivity (Wildman–Crippen MR) is 42.6 cm³/mol. The second-order valence-electron chi connectivity index (χ2n) is 3.23. The summed E-state index contributed by atoms with van der Waals surface area (Å²) in [5, 5.41) is 2.82. The first-order valence-electron chi connectivity index (χ1n) is 4.15. The maximum absolute atomic E-state index is 12.7. The third kappa shape index (κ3) is 1.75. The molecule has 0 aromatic carbocycles. The van der Waals surface area contributed by atoms with E-state index in [2.05, 4.69) is 5.32 Å². The molecule has 70 valence electrons. The lowest BCUT2D eigenvalue weighted by atomic mass is 10.0. The van der Waals surface area contributed by atoms with Crippen molar-refractivity contribution in [1.82, 2.24) is 5.32 Å². The summed E-state index contributed by atoms with van der Waals surface area (Å²) in [7, 11) is 0. The number of carbonyl (C=O) groups excluding carboxylic acids is 1. The van der Waals surface area contributed by atoms with Crippen LogP contribution >= 0.6 is 0 Å². The zero-order chi connectivity index (χ0) is 9.19. The van der Waals surface area contributed by atoms with Crippen LogP contribution < -0.4 is 5.32 Å². The van der Waals surface area contributed by atoms with Gasteiger partial charge in [-0.1, -0.05) is 0 Å². The van der Waals surface area contributed by atoms with Crippen molar-refractivity contribution in [2.45, 2.75) is 32.0 Å². The van der Waals surface area contributed by atoms with Crippen molar-refractivity contribution in [3.05, 3.63) is 0 Å². The summed E-state index contributed by atoms with van der Waals surface area (Å²) in [4.78, 5) is 11.3. The number of alkyl halides is 1. The van der Waals surface area contributed by atoms with E-state index in [9.17, 15) is 9.18 Å². The Balaban J connectivity index is 2.54. The number of nitrogens with one attached hydrogen (secondary N) is 1. The van der Waals surface area contributed by atoms with Crippen molar-refractivity contribution in [1.29, 1.82) is 0 Å². The minimum atomic E-state index is -0.931. The molecule has 12 heavy (non-hydrogen) atoms. The third-order valence-electron chi connectivity index (χ3n) is 2.07. The summed E-state index contributed by atoms with van der Waals surface area (Å²) in [6.07, 6.45) is -0.717. The van der Waals surface area contributed by atoms with Crippen LogP contribution in [-0.2, 0) is 9.53 Å². The number of carbonyl (C=O) groups is 1. The van der Waals surface area contributed by atoms with Gasteiger partial charge in [-0.15, -0.1) is 0 Å². The first-order valence-corrected chi connectivity index (χ1v) is 4.15. The van der Waals surface area contributed by atoms with Crippen LogP contribution in [0.4, 0.5) is 4.39 Å². The van der Waals surface area contributed by atoms with Crippen LogP contribution in [0.25, 0.3) is 0 Å². The van der Waals surface area contributed by atoms with Crippen molar-refractivity contribution in [3.63, 3.8) is 0 Å². The molecular weight excluding hydrogens is 161 g/mol. The first kappa shape index (κ1) is 9.45. The van der Waals surface area contributed by atoms with E-state index in [1.165, 1.54) is 0 Å². The van der Waals surface area contributed by atoms with E-state index < -0.39 is 11.7 Å². The normalized spacial score (nSPS) is 35.1. The van der Waals surface area contributed by atoms with Crippen LogP contribution in [0.2, 0.25) is 0 Å². The Bertz CT molecular complexity index is 186. The molecule has 3 nitrogen and oxygen atoms in total. The number of ether oxygens (including phenoxy) is 1. The topological polar surface area (TPSA) is 38.3 Å². The van der Waals surface area contributed by atoms with Crippen molar-refractivity contribution < 1.29 is 13.9 Å². The van der Waals surface area contributed by atoms with Gasteiger partial charge >= 0.3 is 5.97 Å². The molecule has 0 saturated carbocycles. The molecule has 0 spiro atoms. The fourth-order valence-corrected chi connectivity index (χ4v) is 1.37. The molecule has 2 atom stereocenters. The summed E-state index contributed by atoms with van der Waals surface area (Å²) in [5.41, 5.74) is -0.810. The minimum Gasteiger partial charge on any atom is -0.465 e. The van der Waals surface area contributed by atoms with Gasteiger partial charge in [0.1, 0.15) is 11.7 Å². The first-order chi connectivity index (χ1) is 5.58. The number of halogens is 1. The molecule has 1 rings (SSSR count). The highest BCUT2D eigenvalue weighted by Gasteiger charge is 2.42. The van der Waals surface area contributed by atoms with Gasteiger partial charge < -0.3 is 4.74 Å². The van der Waals surface area contributed by atoms with E-state index in [1.54, 1.807) is 13.8 Å². The van der Waals surface area contributed by atoms with Crippen LogP contribution in [0, 0.1) is 0 Å². The zero-order valence-corrected chi connectivity index (χ0v) is 7.39.